The van der Waals surface area contributed by atoms with Crippen molar-refractivity contribution in [3.63, 3.8) is 0 Å². The van der Waals surface area contributed by atoms with Crippen molar-refractivity contribution in [1.82, 2.24) is 9.91 Å². The van der Waals surface area contributed by atoms with E-state index in [-0.39, 0.29) is 12.9 Å². The molecule has 0 aliphatic carbocycles. The van der Waals surface area contributed by atoms with Crippen LogP contribution in [0, 0.1) is 0 Å². The molecule has 0 aromatic rings. The van der Waals surface area contributed by atoms with Crippen LogP contribution in [0.5, 0.6) is 0 Å². The molecule has 1 atom stereocenters. The van der Waals surface area contributed by atoms with Crippen LogP contribution in [0.15, 0.2) is 5.10 Å². The molecule has 0 amide bonds. The van der Waals surface area contributed by atoms with Crippen molar-refractivity contribution in [3.05, 3.63) is 0 Å². The highest BCUT2D eigenvalue weighted by molar-refractivity contribution is 6.75. The summed E-state index contributed by atoms with van der Waals surface area (Å²) in [7, 11) is 0. The molecule has 0 saturated carbocycles. The third-order valence-corrected chi connectivity index (χ3v) is 5.41. The Morgan fingerprint density at radius 2 is 1.57 bits per heavy atom. The Morgan fingerprint density at radius 1 is 1.04 bits per heavy atom. The molecule has 0 radical (unpaired) electrons. The number of unbranched alkanes of at least 4 members (excludes halogenated alkanes) is 1. The van der Waals surface area contributed by atoms with Gasteiger partial charge in [-0.2, -0.15) is 27.1 Å². The van der Waals surface area contributed by atoms with Crippen LogP contribution in [-0.2, 0) is 0 Å². The Hall–Kier alpha value is 0.370. The van der Waals surface area contributed by atoms with E-state index in [1.165, 1.54) is 0 Å². The van der Waals surface area contributed by atoms with Crippen molar-refractivity contribution < 1.29 is 22.0 Å². The highest BCUT2D eigenvalue weighted by Crippen LogP contribution is 2.53. The van der Waals surface area contributed by atoms with E-state index in [1.807, 2.05) is 0 Å². The number of hydrogen-bond acceptors (Lipinski definition) is 3. The number of nitrogens with zero attached hydrogens (tertiary/aromatic N) is 3. The molecule has 0 spiro atoms. The monoisotopic (exact) mass is 443 g/mol. The Labute approximate surface area is 154 Å². The van der Waals surface area contributed by atoms with Crippen LogP contribution in [0.3, 0.4) is 0 Å². The Kier molecular flexibility index (Phi) is 6.46. The molecule has 23 heavy (non-hydrogen) atoms. The molecule has 0 bridgehead atoms. The first kappa shape index (κ1) is 21.4. The van der Waals surface area contributed by atoms with Gasteiger partial charge < -0.3 is 0 Å². The standard InChI is InChI=1S/C10H11Cl5F5N3/c1-2-3-4-23-6(7(11,12)8(13,14)15)22(5-21-23)10(19,20)9(16,17)18/h5-6H,2-4H2,1H3. The zero-order valence-corrected chi connectivity index (χ0v) is 15.2. The first-order valence-electron chi connectivity index (χ1n) is 6.16. The van der Waals surface area contributed by atoms with Crippen molar-refractivity contribution in [2.75, 3.05) is 6.54 Å². The smallest absolute Gasteiger partial charge is 0.270 e. The molecule has 0 aromatic heterocycles. The van der Waals surface area contributed by atoms with E-state index in [2.05, 4.69) is 5.10 Å². The van der Waals surface area contributed by atoms with Gasteiger partial charge >= 0.3 is 12.2 Å². The third-order valence-electron chi connectivity index (χ3n) is 2.98. The van der Waals surface area contributed by atoms with Gasteiger partial charge in [0.05, 0.1) is 0 Å². The predicted molar refractivity (Wildman–Crippen MR) is 81.5 cm³/mol. The molecule has 1 aliphatic heterocycles. The summed E-state index contributed by atoms with van der Waals surface area (Å²) < 4.78 is 60.3. The van der Waals surface area contributed by atoms with Crippen molar-refractivity contribution in [1.29, 1.82) is 0 Å². The van der Waals surface area contributed by atoms with Gasteiger partial charge in [0.15, 0.2) is 6.17 Å². The van der Waals surface area contributed by atoms with Gasteiger partial charge in [0.1, 0.15) is 6.34 Å². The average molecular weight is 445 g/mol. The van der Waals surface area contributed by atoms with Gasteiger partial charge in [0.25, 0.3) is 0 Å². The maximum atomic E-state index is 13.7. The summed E-state index contributed by atoms with van der Waals surface area (Å²) in [6.07, 6.45) is -6.64. The summed E-state index contributed by atoms with van der Waals surface area (Å²) in [5.41, 5.74) is 0. The molecule has 0 fully saturated rings. The lowest BCUT2D eigenvalue weighted by atomic mass is 10.2. The lowest BCUT2D eigenvalue weighted by molar-refractivity contribution is -0.334. The van der Waals surface area contributed by atoms with Crippen LogP contribution in [0.2, 0.25) is 0 Å². The zero-order chi connectivity index (χ0) is 18.3. The highest BCUT2D eigenvalue weighted by atomic mass is 35.6. The summed E-state index contributed by atoms with van der Waals surface area (Å²) in [4.78, 5) is -0.454. The zero-order valence-electron chi connectivity index (χ0n) is 11.4. The van der Waals surface area contributed by atoms with Gasteiger partial charge in [0, 0.05) is 6.54 Å². The van der Waals surface area contributed by atoms with Crippen molar-refractivity contribution in [3.8, 4) is 0 Å². The van der Waals surface area contributed by atoms with Crippen LogP contribution in [-0.4, -0.2) is 49.3 Å². The molecule has 1 heterocycles. The molecule has 1 aliphatic rings. The van der Waals surface area contributed by atoms with E-state index < -0.39 is 31.4 Å². The second kappa shape index (κ2) is 6.94. The average Bonchev–Trinajstić information content (AvgIpc) is 2.78. The Balaban J connectivity index is 3.28. The Bertz CT molecular complexity index is 451. The quantitative estimate of drug-likeness (QED) is 0.322. The lowest BCUT2D eigenvalue weighted by Gasteiger charge is -2.43. The van der Waals surface area contributed by atoms with Gasteiger partial charge in [-0.25, -0.2) is 0 Å². The second-order valence-corrected chi connectivity index (χ2v) is 8.36. The van der Waals surface area contributed by atoms with Crippen LogP contribution in [0.1, 0.15) is 19.8 Å². The Morgan fingerprint density at radius 3 is 1.96 bits per heavy atom. The first-order chi connectivity index (χ1) is 10.2. The number of alkyl halides is 10. The summed E-state index contributed by atoms with van der Waals surface area (Å²) >= 11 is 28.4. The predicted octanol–water partition coefficient (Wildman–Crippen LogP) is 5.37. The molecular formula is C10H11Cl5F5N3. The molecule has 136 valence electrons. The molecule has 1 rings (SSSR count). The third kappa shape index (κ3) is 4.14. The number of rotatable bonds is 5. The van der Waals surface area contributed by atoms with E-state index in [1.54, 1.807) is 6.92 Å². The molecule has 3 nitrogen and oxygen atoms in total. The fourth-order valence-electron chi connectivity index (χ4n) is 1.77. The molecule has 0 saturated heterocycles. The van der Waals surface area contributed by atoms with Crippen LogP contribution in [0.25, 0.3) is 0 Å². The van der Waals surface area contributed by atoms with E-state index in [0.717, 1.165) is 5.01 Å². The van der Waals surface area contributed by atoms with E-state index in [4.69, 9.17) is 58.0 Å². The maximum absolute atomic E-state index is 13.7. The molecule has 13 heteroatoms. The molecule has 0 N–H and O–H groups in total. The van der Waals surface area contributed by atoms with E-state index >= 15 is 0 Å². The summed E-state index contributed by atoms with van der Waals surface area (Å²) in [6, 6.07) is -5.31. The van der Waals surface area contributed by atoms with Crippen LogP contribution < -0.4 is 0 Å². The van der Waals surface area contributed by atoms with Gasteiger partial charge in [0.2, 0.25) is 8.13 Å². The molecular weight excluding hydrogens is 434 g/mol. The molecule has 1 unspecified atom stereocenters. The lowest BCUT2D eigenvalue weighted by Crippen LogP contribution is -2.64. The molecule has 0 aromatic carbocycles. The van der Waals surface area contributed by atoms with Crippen molar-refractivity contribution in [2.45, 2.75) is 46.3 Å². The summed E-state index contributed by atoms with van der Waals surface area (Å²) in [5.74, 6) is 0. The van der Waals surface area contributed by atoms with Crippen molar-refractivity contribution in [2.24, 2.45) is 5.10 Å². The normalized spacial score (nSPS) is 20.6. The van der Waals surface area contributed by atoms with Gasteiger partial charge in [-0.05, 0) is 6.42 Å². The maximum Gasteiger partial charge on any atom is 0.475 e. The van der Waals surface area contributed by atoms with Gasteiger partial charge in [-0.3, -0.25) is 9.91 Å². The van der Waals surface area contributed by atoms with Crippen LogP contribution >= 0.6 is 58.0 Å². The summed E-state index contributed by atoms with van der Waals surface area (Å²) in [5, 5.41) is 4.34. The largest absolute Gasteiger partial charge is 0.475 e. The fourth-order valence-corrected chi connectivity index (χ4v) is 2.50. The minimum atomic E-state index is -5.91. The SMILES string of the molecule is CCCCN1N=CN(C(F)(F)C(F)(F)F)C1C(Cl)(Cl)C(Cl)(Cl)Cl. The van der Waals surface area contributed by atoms with E-state index in [9.17, 15) is 22.0 Å². The number of hydrogen-bond donors (Lipinski definition) is 0. The number of hydrazone groups is 1. The van der Waals surface area contributed by atoms with Gasteiger partial charge in [-0.1, -0.05) is 71.3 Å². The fraction of sp³-hybridized carbons (Fsp3) is 0.900. The van der Waals surface area contributed by atoms with Crippen molar-refractivity contribution >= 4 is 64.3 Å². The van der Waals surface area contributed by atoms with Gasteiger partial charge in [-0.15, -0.1) is 0 Å². The topological polar surface area (TPSA) is 18.8 Å². The second-order valence-electron chi connectivity index (χ2n) is 4.69. The minimum Gasteiger partial charge on any atom is -0.270 e. The summed E-state index contributed by atoms with van der Waals surface area (Å²) in [6.45, 7) is 1.77. The van der Waals surface area contributed by atoms with Crippen LogP contribution in [0.4, 0.5) is 22.0 Å². The van der Waals surface area contributed by atoms with E-state index in [0.29, 0.717) is 12.8 Å². The minimum absolute atomic E-state index is 0.00988. The first-order valence-corrected chi connectivity index (χ1v) is 8.05. The highest BCUT2D eigenvalue weighted by Gasteiger charge is 2.69. The number of halogens is 10.